The van der Waals surface area contributed by atoms with Crippen molar-refractivity contribution >= 4 is 0 Å². The molecule has 0 aliphatic heterocycles. The van der Waals surface area contributed by atoms with Gasteiger partial charge >= 0.3 is 0 Å². The molecule has 0 heterocycles. The maximum Gasteiger partial charge on any atom is -0.00192 e. The molecule has 0 fully saturated rings. The normalized spacial score (nSPS) is 15.5. The van der Waals surface area contributed by atoms with Crippen molar-refractivity contribution < 1.29 is 0 Å². The standard InChI is InChI=1S/C18H30/c1-7-10-18(8-2)14-17(6)12-9-11-16(5)13-15(3)4/h7-8,10,12-13,16,18H,2,9,11,14H2,1,3-6H3. The Morgan fingerprint density at radius 1 is 1.22 bits per heavy atom. The summed E-state index contributed by atoms with van der Waals surface area (Å²) in [6.07, 6.45) is 14.6. The van der Waals surface area contributed by atoms with Crippen LogP contribution in [0.25, 0.3) is 0 Å². The van der Waals surface area contributed by atoms with Gasteiger partial charge < -0.3 is 0 Å². The van der Waals surface area contributed by atoms with Gasteiger partial charge in [0.2, 0.25) is 0 Å². The molecule has 0 radical (unpaired) electrons. The van der Waals surface area contributed by atoms with Crippen LogP contribution in [0.15, 0.2) is 48.1 Å². The maximum atomic E-state index is 3.89. The minimum atomic E-state index is 0.487. The second-order valence-electron chi connectivity index (χ2n) is 5.48. The number of allylic oxidation sites excluding steroid dienone is 7. The molecule has 0 aromatic carbocycles. The lowest BCUT2D eigenvalue weighted by Gasteiger charge is -2.09. The van der Waals surface area contributed by atoms with Crippen molar-refractivity contribution in [3.05, 3.63) is 48.1 Å². The lowest BCUT2D eigenvalue weighted by atomic mass is 9.97. The molecule has 2 unspecified atom stereocenters. The summed E-state index contributed by atoms with van der Waals surface area (Å²) in [6.45, 7) is 14.8. The summed E-state index contributed by atoms with van der Waals surface area (Å²) in [6, 6.07) is 0. The van der Waals surface area contributed by atoms with Crippen LogP contribution < -0.4 is 0 Å². The van der Waals surface area contributed by atoms with Crippen LogP contribution in [-0.2, 0) is 0 Å². The first-order valence-corrected chi connectivity index (χ1v) is 7.05. The van der Waals surface area contributed by atoms with E-state index < -0.39 is 0 Å². The van der Waals surface area contributed by atoms with Gasteiger partial charge in [-0.1, -0.05) is 48.5 Å². The Morgan fingerprint density at radius 2 is 1.89 bits per heavy atom. The minimum Gasteiger partial charge on any atom is -0.102 e. The molecule has 0 aromatic heterocycles. The third-order valence-electron chi connectivity index (χ3n) is 3.03. The molecule has 18 heavy (non-hydrogen) atoms. The topological polar surface area (TPSA) is 0 Å². The summed E-state index contributed by atoms with van der Waals surface area (Å²) in [4.78, 5) is 0. The van der Waals surface area contributed by atoms with Crippen LogP contribution in [0.4, 0.5) is 0 Å². The molecule has 0 aliphatic carbocycles. The fourth-order valence-electron chi connectivity index (χ4n) is 2.18. The molecule has 0 N–H and O–H groups in total. The van der Waals surface area contributed by atoms with Crippen LogP contribution in [0.3, 0.4) is 0 Å². The van der Waals surface area contributed by atoms with Gasteiger partial charge in [0.15, 0.2) is 0 Å². The first-order chi connectivity index (χ1) is 8.49. The van der Waals surface area contributed by atoms with Crippen molar-refractivity contribution in [1.29, 1.82) is 0 Å². The van der Waals surface area contributed by atoms with E-state index in [4.69, 9.17) is 0 Å². The molecule has 0 rings (SSSR count). The fraction of sp³-hybridized carbons (Fsp3) is 0.556. The number of hydrogen-bond acceptors (Lipinski definition) is 0. The number of rotatable bonds is 8. The average Bonchev–Trinajstić information content (AvgIpc) is 2.27. The van der Waals surface area contributed by atoms with Crippen LogP contribution in [0.2, 0.25) is 0 Å². The van der Waals surface area contributed by atoms with E-state index >= 15 is 0 Å². The smallest absolute Gasteiger partial charge is 0.00192 e. The average molecular weight is 246 g/mol. The molecule has 102 valence electrons. The van der Waals surface area contributed by atoms with Gasteiger partial charge in [-0.25, -0.2) is 0 Å². The molecular weight excluding hydrogens is 216 g/mol. The van der Waals surface area contributed by atoms with E-state index in [-0.39, 0.29) is 0 Å². The second-order valence-corrected chi connectivity index (χ2v) is 5.48. The third-order valence-corrected chi connectivity index (χ3v) is 3.03. The van der Waals surface area contributed by atoms with E-state index in [2.05, 4.69) is 65.5 Å². The summed E-state index contributed by atoms with van der Waals surface area (Å²) >= 11 is 0. The van der Waals surface area contributed by atoms with Gasteiger partial charge in [-0.15, -0.1) is 6.58 Å². The maximum absolute atomic E-state index is 3.89. The van der Waals surface area contributed by atoms with Gasteiger partial charge in [-0.05, 0) is 58.8 Å². The summed E-state index contributed by atoms with van der Waals surface area (Å²) in [5.74, 6) is 1.17. The summed E-state index contributed by atoms with van der Waals surface area (Å²) in [5, 5.41) is 0. The van der Waals surface area contributed by atoms with Crippen molar-refractivity contribution in [3.8, 4) is 0 Å². The Labute approximate surface area is 114 Å². The van der Waals surface area contributed by atoms with Crippen LogP contribution >= 0.6 is 0 Å². The highest BCUT2D eigenvalue weighted by Gasteiger charge is 2.01. The molecule has 0 heteroatoms. The van der Waals surface area contributed by atoms with Gasteiger partial charge in [-0.3, -0.25) is 0 Å². The highest BCUT2D eigenvalue weighted by molar-refractivity contribution is 5.07. The van der Waals surface area contributed by atoms with Gasteiger partial charge in [-0.2, -0.15) is 0 Å². The fourth-order valence-corrected chi connectivity index (χ4v) is 2.18. The quantitative estimate of drug-likeness (QED) is 0.455. The van der Waals surface area contributed by atoms with Crippen molar-refractivity contribution in [2.75, 3.05) is 0 Å². The highest BCUT2D eigenvalue weighted by Crippen LogP contribution is 2.17. The van der Waals surface area contributed by atoms with Crippen LogP contribution in [0.1, 0.15) is 53.9 Å². The summed E-state index contributed by atoms with van der Waals surface area (Å²) in [5.41, 5.74) is 2.89. The monoisotopic (exact) mass is 246 g/mol. The van der Waals surface area contributed by atoms with Crippen LogP contribution in [0.5, 0.6) is 0 Å². The highest BCUT2D eigenvalue weighted by atomic mass is 14.1. The molecule has 0 amide bonds. The molecule has 0 saturated carbocycles. The van der Waals surface area contributed by atoms with Gasteiger partial charge in [0.1, 0.15) is 0 Å². The largest absolute Gasteiger partial charge is 0.102 e. The lowest BCUT2D eigenvalue weighted by Crippen LogP contribution is -1.93. The van der Waals surface area contributed by atoms with Crippen molar-refractivity contribution in [3.63, 3.8) is 0 Å². The molecule has 0 spiro atoms. The van der Waals surface area contributed by atoms with Crippen molar-refractivity contribution in [1.82, 2.24) is 0 Å². The molecule has 0 aromatic rings. The summed E-state index contributed by atoms with van der Waals surface area (Å²) in [7, 11) is 0. The SMILES string of the molecule is C=CC(C=CC)CC(C)=CCCC(C)C=C(C)C. The van der Waals surface area contributed by atoms with E-state index in [0.29, 0.717) is 11.8 Å². The van der Waals surface area contributed by atoms with E-state index in [9.17, 15) is 0 Å². The molecule has 0 nitrogen and oxygen atoms in total. The van der Waals surface area contributed by atoms with Crippen LogP contribution in [0, 0.1) is 11.8 Å². The number of hydrogen-bond donors (Lipinski definition) is 0. The van der Waals surface area contributed by atoms with Crippen LogP contribution in [-0.4, -0.2) is 0 Å². The molecule has 0 aliphatic rings. The predicted molar refractivity (Wildman–Crippen MR) is 84.7 cm³/mol. The van der Waals surface area contributed by atoms with E-state index in [1.807, 2.05) is 6.08 Å². The Morgan fingerprint density at radius 3 is 2.39 bits per heavy atom. The Kier molecular flexibility index (Phi) is 9.36. The Hall–Kier alpha value is -1.04. The van der Waals surface area contributed by atoms with Crippen molar-refractivity contribution in [2.24, 2.45) is 11.8 Å². The first-order valence-electron chi connectivity index (χ1n) is 7.05. The van der Waals surface area contributed by atoms with Gasteiger partial charge in [0.05, 0.1) is 0 Å². The Bertz CT molecular complexity index is 311. The van der Waals surface area contributed by atoms with E-state index in [1.165, 1.54) is 24.0 Å². The third kappa shape index (κ3) is 9.04. The molecule has 0 saturated heterocycles. The molecular formula is C18H30. The van der Waals surface area contributed by atoms with Gasteiger partial charge in [0, 0.05) is 0 Å². The Balaban J connectivity index is 4.11. The zero-order chi connectivity index (χ0) is 14.0. The van der Waals surface area contributed by atoms with Crippen molar-refractivity contribution in [2.45, 2.75) is 53.9 Å². The van der Waals surface area contributed by atoms with E-state index in [1.54, 1.807) is 0 Å². The lowest BCUT2D eigenvalue weighted by molar-refractivity contribution is 0.649. The predicted octanol–water partition coefficient (Wildman–Crippen LogP) is 6.08. The zero-order valence-electron chi connectivity index (χ0n) is 12.9. The molecule has 0 bridgehead atoms. The molecule has 2 atom stereocenters. The second kappa shape index (κ2) is 9.94. The van der Waals surface area contributed by atoms with E-state index in [0.717, 1.165) is 6.42 Å². The zero-order valence-corrected chi connectivity index (χ0v) is 12.9. The summed E-state index contributed by atoms with van der Waals surface area (Å²) < 4.78 is 0. The minimum absolute atomic E-state index is 0.487. The first kappa shape index (κ1) is 17.0. The van der Waals surface area contributed by atoms with Gasteiger partial charge in [0.25, 0.3) is 0 Å².